The molecule has 3 rings (SSSR count). The molecule has 1 aliphatic heterocycles. The molecular formula is C27H37BN4O7. The van der Waals surface area contributed by atoms with Crippen LogP contribution >= 0.6 is 0 Å². The van der Waals surface area contributed by atoms with Gasteiger partial charge in [-0.05, 0) is 36.6 Å². The van der Waals surface area contributed by atoms with Gasteiger partial charge in [-0.25, -0.2) is 0 Å². The highest BCUT2D eigenvalue weighted by Gasteiger charge is 2.31. The summed E-state index contributed by atoms with van der Waals surface area (Å²) in [6, 6.07) is 14.2. The third kappa shape index (κ3) is 9.99. The molecule has 1 fully saturated rings. The van der Waals surface area contributed by atoms with Gasteiger partial charge in [0.2, 0.25) is 17.7 Å². The second-order valence-corrected chi connectivity index (χ2v) is 9.51. The van der Waals surface area contributed by atoms with Gasteiger partial charge < -0.3 is 35.5 Å². The van der Waals surface area contributed by atoms with Crippen LogP contribution in [0.4, 0.5) is 0 Å². The van der Waals surface area contributed by atoms with E-state index in [4.69, 9.17) is 9.47 Å². The number of carbonyl (C=O) groups is 3. The number of nitrogens with zero attached hydrogens (tertiary/aromatic N) is 1. The van der Waals surface area contributed by atoms with Crippen LogP contribution in [0.15, 0.2) is 54.6 Å². The van der Waals surface area contributed by atoms with Crippen molar-refractivity contribution in [2.45, 2.75) is 37.8 Å². The summed E-state index contributed by atoms with van der Waals surface area (Å²) in [6.45, 7) is 4.08. The van der Waals surface area contributed by atoms with E-state index in [0.29, 0.717) is 32.1 Å². The Labute approximate surface area is 229 Å². The molecule has 5 N–H and O–H groups in total. The van der Waals surface area contributed by atoms with Crippen molar-refractivity contribution in [3.63, 3.8) is 0 Å². The lowest BCUT2D eigenvalue weighted by Gasteiger charge is -2.27. The molecule has 3 amide bonds. The Bertz CT molecular complexity index is 1070. The molecule has 0 bridgehead atoms. The van der Waals surface area contributed by atoms with Gasteiger partial charge in [-0.3, -0.25) is 19.3 Å². The predicted octanol–water partition coefficient (Wildman–Crippen LogP) is -0.701. The standard InChI is InChI=1S/C27H37BN4O7/c1-19(29-25(33)18-32-12-14-39-15-13-32)26(34)30-23(16-21-8-10-22(38-2)11-9-21)27(35)31-24(28(36)37)17-20-6-4-3-5-7-20/h3-11,19,23-24,36-37H,12-18H2,1-2H3,(H,29,33)(H,30,34)(H,31,35)/t19-,23+,24+/m1/s1. The second kappa shape index (κ2) is 15.2. The maximum Gasteiger partial charge on any atom is 0.475 e. The van der Waals surface area contributed by atoms with Crippen LogP contribution in [0.1, 0.15) is 18.1 Å². The van der Waals surface area contributed by atoms with Crippen LogP contribution in [0.3, 0.4) is 0 Å². The summed E-state index contributed by atoms with van der Waals surface area (Å²) in [5.74, 6) is -1.78. The molecule has 0 aliphatic carbocycles. The fourth-order valence-corrected chi connectivity index (χ4v) is 4.20. The summed E-state index contributed by atoms with van der Waals surface area (Å²) in [5, 5.41) is 27.9. The first-order valence-electron chi connectivity index (χ1n) is 13.0. The van der Waals surface area contributed by atoms with Crippen LogP contribution in [-0.2, 0) is 32.0 Å². The van der Waals surface area contributed by atoms with Crippen molar-refractivity contribution in [1.29, 1.82) is 0 Å². The quantitative estimate of drug-likeness (QED) is 0.210. The fraction of sp³-hybridized carbons (Fsp3) is 0.444. The molecule has 1 heterocycles. The van der Waals surface area contributed by atoms with Gasteiger partial charge in [-0.1, -0.05) is 42.5 Å². The first kappa shape index (κ1) is 30.1. The largest absolute Gasteiger partial charge is 0.497 e. The third-order valence-corrected chi connectivity index (χ3v) is 6.46. The molecule has 0 spiro atoms. The van der Waals surface area contributed by atoms with Gasteiger partial charge in [0.25, 0.3) is 0 Å². The molecule has 1 saturated heterocycles. The molecule has 0 radical (unpaired) electrons. The van der Waals surface area contributed by atoms with Gasteiger partial charge in [-0.15, -0.1) is 0 Å². The zero-order valence-corrected chi connectivity index (χ0v) is 22.3. The number of hydrogen-bond donors (Lipinski definition) is 5. The SMILES string of the molecule is COc1ccc(C[C@H](NC(=O)[C@@H](C)NC(=O)CN2CCOCC2)C(=O)N[C@@H](Cc2ccccc2)B(O)O)cc1. The highest BCUT2D eigenvalue weighted by molar-refractivity contribution is 6.43. The number of amides is 3. The first-order chi connectivity index (χ1) is 18.7. The third-order valence-electron chi connectivity index (χ3n) is 6.46. The monoisotopic (exact) mass is 540 g/mol. The van der Waals surface area contributed by atoms with E-state index in [1.807, 2.05) is 35.2 Å². The lowest BCUT2D eigenvalue weighted by Crippen LogP contribution is -2.58. The smallest absolute Gasteiger partial charge is 0.475 e. The predicted molar refractivity (Wildman–Crippen MR) is 146 cm³/mol. The topological polar surface area (TPSA) is 149 Å². The van der Waals surface area contributed by atoms with Crippen LogP contribution < -0.4 is 20.7 Å². The van der Waals surface area contributed by atoms with Crippen molar-refractivity contribution < 1.29 is 33.9 Å². The number of hydrogen-bond acceptors (Lipinski definition) is 8. The Hall–Kier alpha value is -3.45. The summed E-state index contributed by atoms with van der Waals surface area (Å²) in [4.78, 5) is 40.8. The highest BCUT2D eigenvalue weighted by atomic mass is 16.5. The van der Waals surface area contributed by atoms with E-state index in [1.165, 1.54) is 0 Å². The Morgan fingerprint density at radius 1 is 0.923 bits per heavy atom. The molecule has 11 nitrogen and oxygen atoms in total. The number of rotatable bonds is 13. The van der Waals surface area contributed by atoms with Gasteiger partial charge in [-0.2, -0.15) is 0 Å². The zero-order valence-electron chi connectivity index (χ0n) is 22.3. The van der Waals surface area contributed by atoms with Crippen molar-refractivity contribution in [2.24, 2.45) is 0 Å². The summed E-state index contributed by atoms with van der Waals surface area (Å²) in [7, 11) is -0.266. The normalized spacial score (nSPS) is 15.9. The van der Waals surface area contributed by atoms with Gasteiger partial charge >= 0.3 is 7.12 Å². The number of nitrogens with one attached hydrogen (secondary N) is 3. The number of ether oxygens (including phenoxy) is 2. The van der Waals surface area contributed by atoms with Crippen molar-refractivity contribution in [1.82, 2.24) is 20.9 Å². The Kier molecular flexibility index (Phi) is 11.7. The van der Waals surface area contributed by atoms with E-state index < -0.39 is 37.0 Å². The van der Waals surface area contributed by atoms with Crippen LogP contribution in [0.25, 0.3) is 0 Å². The molecule has 210 valence electrons. The molecular weight excluding hydrogens is 503 g/mol. The van der Waals surface area contributed by atoms with E-state index in [9.17, 15) is 24.4 Å². The lowest BCUT2D eigenvalue weighted by atomic mass is 9.75. The van der Waals surface area contributed by atoms with Gasteiger partial charge in [0.05, 0.1) is 32.8 Å². The average Bonchev–Trinajstić information content (AvgIpc) is 2.93. The van der Waals surface area contributed by atoms with Crippen LogP contribution in [0.2, 0.25) is 0 Å². The summed E-state index contributed by atoms with van der Waals surface area (Å²) in [6.07, 6.45) is 0.317. The van der Waals surface area contributed by atoms with Gasteiger partial charge in [0.1, 0.15) is 17.8 Å². The van der Waals surface area contributed by atoms with E-state index in [1.54, 1.807) is 38.3 Å². The van der Waals surface area contributed by atoms with E-state index in [0.717, 1.165) is 11.1 Å². The minimum Gasteiger partial charge on any atom is -0.497 e. The minimum atomic E-state index is -1.81. The summed E-state index contributed by atoms with van der Waals surface area (Å²) < 4.78 is 10.5. The van der Waals surface area contributed by atoms with Gasteiger partial charge in [0, 0.05) is 19.5 Å². The molecule has 0 saturated carbocycles. The first-order valence-corrected chi connectivity index (χ1v) is 13.0. The van der Waals surface area contributed by atoms with Crippen molar-refractivity contribution in [3.05, 3.63) is 65.7 Å². The summed E-state index contributed by atoms with van der Waals surface area (Å²) >= 11 is 0. The van der Waals surface area contributed by atoms with E-state index in [2.05, 4.69) is 16.0 Å². The molecule has 2 aromatic rings. The highest BCUT2D eigenvalue weighted by Crippen LogP contribution is 2.13. The lowest BCUT2D eigenvalue weighted by molar-refractivity contribution is -0.132. The molecule has 0 aromatic heterocycles. The van der Waals surface area contributed by atoms with Crippen LogP contribution in [0, 0.1) is 0 Å². The number of methoxy groups -OCH3 is 1. The van der Waals surface area contributed by atoms with E-state index in [-0.39, 0.29) is 25.3 Å². The Balaban J connectivity index is 1.67. The maximum atomic E-state index is 13.3. The van der Waals surface area contributed by atoms with Crippen molar-refractivity contribution >= 4 is 24.8 Å². The Morgan fingerprint density at radius 3 is 2.18 bits per heavy atom. The summed E-state index contributed by atoms with van der Waals surface area (Å²) in [5.41, 5.74) is 1.56. The van der Waals surface area contributed by atoms with E-state index >= 15 is 0 Å². The second-order valence-electron chi connectivity index (χ2n) is 9.51. The molecule has 3 atom stereocenters. The molecule has 39 heavy (non-hydrogen) atoms. The molecule has 1 aliphatic rings. The minimum absolute atomic E-state index is 0.135. The molecule has 0 unspecified atom stereocenters. The zero-order chi connectivity index (χ0) is 28.2. The average molecular weight is 540 g/mol. The van der Waals surface area contributed by atoms with Crippen molar-refractivity contribution in [3.8, 4) is 5.75 Å². The maximum absolute atomic E-state index is 13.3. The fourth-order valence-electron chi connectivity index (χ4n) is 4.20. The molecule has 12 heteroatoms. The Morgan fingerprint density at radius 2 is 1.56 bits per heavy atom. The number of benzene rings is 2. The van der Waals surface area contributed by atoms with Crippen molar-refractivity contribution in [2.75, 3.05) is 40.0 Å². The number of carbonyl (C=O) groups excluding carboxylic acids is 3. The van der Waals surface area contributed by atoms with Gasteiger partial charge in [0.15, 0.2) is 0 Å². The number of morpholine rings is 1. The van der Waals surface area contributed by atoms with Crippen LogP contribution in [-0.4, -0.2) is 97.8 Å². The van der Waals surface area contributed by atoms with Crippen LogP contribution in [0.5, 0.6) is 5.75 Å². The molecule has 2 aromatic carbocycles.